The Morgan fingerprint density at radius 1 is 1.31 bits per heavy atom. The van der Waals surface area contributed by atoms with E-state index in [1.54, 1.807) is 29.2 Å². The molecule has 1 N–H and O–H groups in total. The summed E-state index contributed by atoms with van der Waals surface area (Å²) in [6.45, 7) is 0.984. The molecule has 1 amide bonds. The summed E-state index contributed by atoms with van der Waals surface area (Å²) >= 11 is 0. The molecule has 0 spiro atoms. The summed E-state index contributed by atoms with van der Waals surface area (Å²) in [5.74, 6) is -0.667. The lowest BCUT2D eigenvalue weighted by atomic mass is 10.1. The summed E-state index contributed by atoms with van der Waals surface area (Å²) in [6, 6.07) is 3.86. The number of nitro groups is 1. The number of halogens is 1. The molecule has 0 fully saturated rings. The highest BCUT2D eigenvalue weighted by Gasteiger charge is 2.18. The van der Waals surface area contributed by atoms with Gasteiger partial charge < -0.3 is 14.6 Å². The van der Waals surface area contributed by atoms with Crippen molar-refractivity contribution in [1.29, 1.82) is 0 Å². The number of nitro benzene ring substituents is 1. The molecule has 1 aliphatic heterocycles. The third-order valence-electron chi connectivity index (χ3n) is 4.86. The number of carboxylic acid groups (broad SMARTS) is 1. The fourth-order valence-corrected chi connectivity index (χ4v) is 3.37. The Kier molecular flexibility index (Phi) is 4.67. The van der Waals surface area contributed by atoms with Crippen LogP contribution >= 0.6 is 0 Å². The Morgan fingerprint density at radius 2 is 2.14 bits per heavy atom. The van der Waals surface area contributed by atoms with E-state index in [0.717, 1.165) is 11.6 Å². The number of fused-ring (bicyclic) bond motifs is 1. The topological polar surface area (TPSA) is 114 Å². The van der Waals surface area contributed by atoms with Gasteiger partial charge in [0, 0.05) is 30.7 Å². The van der Waals surface area contributed by atoms with Crippen molar-refractivity contribution < 1.29 is 19.2 Å². The third-order valence-corrected chi connectivity index (χ3v) is 4.86. The molecular formula is C19H16FN5O4. The predicted molar refractivity (Wildman–Crippen MR) is 102 cm³/mol. The van der Waals surface area contributed by atoms with Crippen molar-refractivity contribution in [3.05, 3.63) is 70.2 Å². The fraction of sp³-hybridized carbons (Fsp3) is 0.211. The van der Waals surface area contributed by atoms with Gasteiger partial charge >= 0.3 is 6.09 Å². The Balaban J connectivity index is 1.54. The number of hydrogen-bond donors (Lipinski definition) is 1. The molecule has 9 nitrogen and oxygen atoms in total. The van der Waals surface area contributed by atoms with Crippen LogP contribution in [-0.2, 0) is 6.54 Å². The van der Waals surface area contributed by atoms with Crippen LogP contribution in [0.3, 0.4) is 0 Å². The van der Waals surface area contributed by atoms with E-state index in [1.807, 2.05) is 6.08 Å². The van der Waals surface area contributed by atoms with E-state index in [2.05, 4.69) is 9.97 Å². The standard InChI is InChI=1S/C19H16FN5O4/c20-16-8-15(25(28)29)7-13-3-6-24(18(13)16)11-14-9-22-17(10-21-14)12-1-4-23(5-2-12)19(26)27/h1,3,6-10H,2,4-5,11H2,(H,26,27). The summed E-state index contributed by atoms with van der Waals surface area (Å²) in [5.41, 5.74) is 2.20. The van der Waals surface area contributed by atoms with Gasteiger partial charge in [0.25, 0.3) is 5.69 Å². The molecule has 0 saturated carbocycles. The first-order valence-corrected chi connectivity index (χ1v) is 8.83. The predicted octanol–water partition coefficient (Wildman–Crippen LogP) is 3.29. The van der Waals surface area contributed by atoms with Crippen LogP contribution in [0.1, 0.15) is 17.8 Å². The minimum atomic E-state index is -0.946. The number of hydrogen-bond acceptors (Lipinski definition) is 5. The number of amides is 1. The second kappa shape index (κ2) is 7.30. The molecule has 10 heteroatoms. The highest BCUT2D eigenvalue weighted by atomic mass is 19.1. The quantitative estimate of drug-likeness (QED) is 0.534. The van der Waals surface area contributed by atoms with Gasteiger partial charge in [-0.3, -0.25) is 20.1 Å². The number of non-ortho nitro benzene ring substituents is 1. The van der Waals surface area contributed by atoms with Crippen LogP contribution < -0.4 is 0 Å². The molecule has 148 valence electrons. The highest BCUT2D eigenvalue weighted by molar-refractivity contribution is 5.83. The second-order valence-electron chi connectivity index (χ2n) is 6.67. The maximum Gasteiger partial charge on any atom is 0.407 e. The van der Waals surface area contributed by atoms with Gasteiger partial charge in [-0.15, -0.1) is 0 Å². The number of benzene rings is 1. The van der Waals surface area contributed by atoms with Crippen LogP contribution in [0.5, 0.6) is 0 Å². The van der Waals surface area contributed by atoms with E-state index in [0.29, 0.717) is 36.3 Å². The van der Waals surface area contributed by atoms with Crippen molar-refractivity contribution in [2.45, 2.75) is 13.0 Å². The maximum absolute atomic E-state index is 14.4. The zero-order valence-electron chi connectivity index (χ0n) is 15.2. The molecule has 3 aromatic rings. The van der Waals surface area contributed by atoms with Crippen LogP contribution in [0.25, 0.3) is 16.5 Å². The van der Waals surface area contributed by atoms with Crippen molar-refractivity contribution in [3.8, 4) is 0 Å². The molecule has 29 heavy (non-hydrogen) atoms. The normalized spacial score (nSPS) is 14.1. The van der Waals surface area contributed by atoms with Crippen molar-refractivity contribution in [3.63, 3.8) is 0 Å². The van der Waals surface area contributed by atoms with E-state index in [1.165, 1.54) is 11.0 Å². The van der Waals surface area contributed by atoms with Gasteiger partial charge in [0.1, 0.15) is 0 Å². The fourth-order valence-electron chi connectivity index (χ4n) is 3.37. The van der Waals surface area contributed by atoms with Gasteiger partial charge in [0.2, 0.25) is 0 Å². The van der Waals surface area contributed by atoms with E-state index < -0.39 is 16.8 Å². The van der Waals surface area contributed by atoms with Crippen LogP contribution in [0.15, 0.2) is 42.9 Å². The van der Waals surface area contributed by atoms with Crippen LogP contribution in [-0.4, -0.2) is 48.6 Å². The van der Waals surface area contributed by atoms with Gasteiger partial charge in [-0.1, -0.05) is 6.08 Å². The Bertz CT molecular complexity index is 1140. The number of nitrogens with zero attached hydrogens (tertiary/aromatic N) is 5. The van der Waals surface area contributed by atoms with Crippen molar-refractivity contribution >= 4 is 28.3 Å². The molecule has 0 aliphatic carbocycles. The first-order valence-electron chi connectivity index (χ1n) is 8.83. The molecule has 2 aromatic heterocycles. The summed E-state index contributed by atoms with van der Waals surface area (Å²) in [6.07, 6.45) is 6.30. The van der Waals surface area contributed by atoms with Gasteiger partial charge in [0.15, 0.2) is 5.82 Å². The zero-order valence-corrected chi connectivity index (χ0v) is 15.2. The van der Waals surface area contributed by atoms with Gasteiger partial charge in [-0.25, -0.2) is 9.18 Å². The van der Waals surface area contributed by atoms with E-state index >= 15 is 0 Å². The molecular weight excluding hydrogens is 381 g/mol. The van der Waals surface area contributed by atoms with Gasteiger partial charge in [-0.05, 0) is 18.1 Å². The van der Waals surface area contributed by atoms with Crippen molar-refractivity contribution in [2.75, 3.05) is 13.1 Å². The summed E-state index contributed by atoms with van der Waals surface area (Å²) in [5, 5.41) is 20.3. The molecule has 0 saturated heterocycles. The molecule has 1 aromatic carbocycles. The number of carbonyl (C=O) groups is 1. The molecule has 3 heterocycles. The minimum Gasteiger partial charge on any atom is -0.465 e. The summed E-state index contributed by atoms with van der Waals surface area (Å²) in [7, 11) is 0. The van der Waals surface area contributed by atoms with Crippen LogP contribution in [0.2, 0.25) is 0 Å². The van der Waals surface area contributed by atoms with Crippen molar-refractivity contribution in [2.24, 2.45) is 0 Å². The lowest BCUT2D eigenvalue weighted by Crippen LogP contribution is -2.33. The first kappa shape index (κ1) is 18.5. The number of rotatable bonds is 4. The molecule has 0 atom stereocenters. The van der Waals surface area contributed by atoms with Crippen LogP contribution in [0.4, 0.5) is 14.9 Å². The van der Waals surface area contributed by atoms with E-state index in [4.69, 9.17) is 5.11 Å². The average molecular weight is 397 g/mol. The summed E-state index contributed by atoms with van der Waals surface area (Å²) in [4.78, 5) is 31.3. The number of aromatic nitrogens is 3. The van der Waals surface area contributed by atoms with E-state index in [-0.39, 0.29) is 17.7 Å². The zero-order chi connectivity index (χ0) is 20.5. The Morgan fingerprint density at radius 3 is 2.76 bits per heavy atom. The van der Waals surface area contributed by atoms with E-state index in [9.17, 15) is 19.3 Å². The van der Waals surface area contributed by atoms with Crippen molar-refractivity contribution in [1.82, 2.24) is 19.4 Å². The lowest BCUT2D eigenvalue weighted by molar-refractivity contribution is -0.384. The smallest absolute Gasteiger partial charge is 0.407 e. The second-order valence-corrected chi connectivity index (χ2v) is 6.67. The molecule has 0 unspecified atom stereocenters. The lowest BCUT2D eigenvalue weighted by Gasteiger charge is -2.23. The molecule has 1 aliphatic rings. The SMILES string of the molecule is O=C(O)N1CC=C(c2cnc(Cn3ccc4cc([N+](=O)[O-])cc(F)c43)cn2)CC1. The average Bonchev–Trinajstić information content (AvgIpc) is 3.12. The highest BCUT2D eigenvalue weighted by Crippen LogP contribution is 2.26. The van der Waals surface area contributed by atoms with Gasteiger partial charge in [-0.2, -0.15) is 0 Å². The first-order chi connectivity index (χ1) is 13.9. The Hall–Kier alpha value is -3.82. The Labute approximate surface area is 163 Å². The summed E-state index contributed by atoms with van der Waals surface area (Å²) < 4.78 is 16.0. The molecule has 4 rings (SSSR count). The van der Waals surface area contributed by atoms with Crippen LogP contribution in [0, 0.1) is 15.9 Å². The monoisotopic (exact) mass is 397 g/mol. The third kappa shape index (κ3) is 3.64. The minimum absolute atomic E-state index is 0.261. The largest absolute Gasteiger partial charge is 0.465 e. The molecule has 0 radical (unpaired) electrons. The molecule has 0 bridgehead atoms. The maximum atomic E-state index is 14.4. The van der Waals surface area contributed by atoms with Gasteiger partial charge in [0.05, 0.1) is 46.8 Å².